The highest BCUT2D eigenvalue weighted by molar-refractivity contribution is 7.12. The van der Waals surface area contributed by atoms with Crippen LogP contribution in [-0.2, 0) is 17.6 Å². The molecule has 6 nitrogen and oxygen atoms in total. The first-order chi connectivity index (χ1) is 16.5. The quantitative estimate of drug-likeness (QED) is 0.442. The summed E-state index contributed by atoms with van der Waals surface area (Å²) in [7, 11) is 1.64. The molecule has 1 atom stereocenters. The van der Waals surface area contributed by atoms with E-state index in [-0.39, 0.29) is 18.7 Å². The fraction of sp³-hybridized carbons (Fsp3) is 0.333. The molecule has 0 saturated heterocycles. The zero-order valence-electron chi connectivity index (χ0n) is 20.0. The first kappa shape index (κ1) is 23.8. The molecular formula is C27H30N2O4S. The molecule has 0 aliphatic carbocycles. The van der Waals surface area contributed by atoms with E-state index in [9.17, 15) is 9.59 Å². The number of rotatable bonds is 6. The van der Waals surface area contributed by atoms with Crippen LogP contribution in [0.4, 0.5) is 10.5 Å². The van der Waals surface area contributed by atoms with Gasteiger partial charge in [-0.1, -0.05) is 31.2 Å². The van der Waals surface area contributed by atoms with Crippen molar-refractivity contribution in [2.45, 2.75) is 39.7 Å². The van der Waals surface area contributed by atoms with Crippen LogP contribution in [0.3, 0.4) is 0 Å². The van der Waals surface area contributed by atoms with Gasteiger partial charge >= 0.3 is 12.0 Å². The highest BCUT2D eigenvalue weighted by Crippen LogP contribution is 2.43. The number of hydrogen-bond acceptors (Lipinski definition) is 5. The number of carbonyl (C=O) groups is 2. The van der Waals surface area contributed by atoms with Crippen LogP contribution >= 0.6 is 11.3 Å². The molecule has 178 valence electrons. The lowest BCUT2D eigenvalue weighted by Crippen LogP contribution is -2.42. The van der Waals surface area contributed by atoms with Crippen molar-refractivity contribution in [1.29, 1.82) is 0 Å². The Morgan fingerprint density at radius 3 is 2.53 bits per heavy atom. The number of esters is 1. The lowest BCUT2D eigenvalue weighted by Gasteiger charge is -2.36. The van der Waals surface area contributed by atoms with Crippen molar-refractivity contribution < 1.29 is 19.1 Å². The van der Waals surface area contributed by atoms with Crippen LogP contribution in [0.1, 0.15) is 56.7 Å². The van der Waals surface area contributed by atoms with Crippen molar-refractivity contribution in [3.8, 4) is 5.75 Å². The molecule has 2 amide bonds. The summed E-state index contributed by atoms with van der Waals surface area (Å²) in [5, 5.41) is 2.97. The van der Waals surface area contributed by atoms with E-state index in [1.165, 1.54) is 20.9 Å². The molecule has 1 N–H and O–H groups in total. The molecule has 0 fully saturated rings. The second-order valence-corrected chi connectivity index (χ2v) is 9.40. The van der Waals surface area contributed by atoms with Crippen LogP contribution in [0, 0.1) is 6.92 Å². The van der Waals surface area contributed by atoms with Crippen LogP contribution in [-0.4, -0.2) is 37.2 Å². The summed E-state index contributed by atoms with van der Waals surface area (Å²) in [4.78, 5) is 30.4. The molecule has 4 rings (SSSR count). The van der Waals surface area contributed by atoms with Gasteiger partial charge in [0.25, 0.3) is 0 Å². The van der Waals surface area contributed by atoms with Gasteiger partial charge in [0.1, 0.15) is 5.75 Å². The van der Waals surface area contributed by atoms with Gasteiger partial charge in [0.15, 0.2) is 0 Å². The van der Waals surface area contributed by atoms with Crippen molar-refractivity contribution in [2.75, 3.05) is 25.6 Å². The van der Waals surface area contributed by atoms with Crippen molar-refractivity contribution in [3.63, 3.8) is 0 Å². The van der Waals surface area contributed by atoms with Gasteiger partial charge in [-0.25, -0.2) is 9.59 Å². The molecule has 0 bridgehead atoms. The maximum absolute atomic E-state index is 13.6. The van der Waals surface area contributed by atoms with Crippen LogP contribution in [0.15, 0.2) is 48.5 Å². The normalized spacial score (nSPS) is 14.9. The molecule has 1 aromatic heterocycles. The SMILES string of the molecule is CCOC(=O)c1ccccc1NC(=O)N1CCc2c(sc(C)c2CC)C1c1ccc(OC)cc1. The van der Waals surface area contributed by atoms with Crippen LogP contribution in [0.5, 0.6) is 5.75 Å². The van der Waals surface area contributed by atoms with Crippen molar-refractivity contribution in [3.05, 3.63) is 80.5 Å². The molecule has 0 saturated carbocycles. The van der Waals surface area contributed by atoms with E-state index in [2.05, 4.69) is 19.2 Å². The van der Waals surface area contributed by atoms with E-state index < -0.39 is 5.97 Å². The molecule has 1 unspecified atom stereocenters. The van der Waals surface area contributed by atoms with Gasteiger partial charge in [-0.15, -0.1) is 11.3 Å². The zero-order chi connectivity index (χ0) is 24.2. The number of nitrogens with zero attached hydrogens (tertiary/aromatic N) is 1. The predicted octanol–water partition coefficient (Wildman–Crippen LogP) is 5.98. The third-order valence-electron chi connectivity index (χ3n) is 6.22. The largest absolute Gasteiger partial charge is 0.497 e. The van der Waals surface area contributed by atoms with Crippen LogP contribution in [0.25, 0.3) is 0 Å². The summed E-state index contributed by atoms with van der Waals surface area (Å²) in [6, 6.07) is 14.4. The average molecular weight is 479 g/mol. The molecular weight excluding hydrogens is 448 g/mol. The van der Waals surface area contributed by atoms with Gasteiger partial charge in [0, 0.05) is 16.3 Å². The highest BCUT2D eigenvalue weighted by Gasteiger charge is 2.35. The van der Waals surface area contributed by atoms with E-state index in [0.717, 1.165) is 24.2 Å². The Bertz CT molecular complexity index is 1190. The molecule has 2 heterocycles. The Balaban J connectivity index is 1.71. The molecule has 3 aromatic rings. The number of benzene rings is 2. The summed E-state index contributed by atoms with van der Waals surface area (Å²) in [5.41, 5.74) is 4.57. The lowest BCUT2D eigenvalue weighted by atomic mass is 9.92. The number of carbonyl (C=O) groups excluding carboxylic acids is 2. The van der Waals surface area contributed by atoms with Gasteiger partial charge < -0.3 is 19.7 Å². The Morgan fingerprint density at radius 1 is 1.12 bits per heavy atom. The highest BCUT2D eigenvalue weighted by atomic mass is 32.1. The number of ether oxygens (including phenoxy) is 2. The standard InChI is InChI=1S/C27H30N2O4S/c1-5-20-17(3)34-25-21(20)15-16-29(24(25)18-11-13-19(32-4)14-12-18)27(31)28-23-10-8-7-9-22(23)26(30)33-6-2/h7-14,24H,5-6,15-16H2,1-4H3,(H,28,31). The number of amides is 2. The summed E-state index contributed by atoms with van der Waals surface area (Å²) in [6.07, 6.45) is 1.79. The average Bonchev–Trinajstić information content (AvgIpc) is 3.18. The number of hydrogen-bond donors (Lipinski definition) is 1. The Labute approximate surface area is 204 Å². The van der Waals surface area contributed by atoms with Gasteiger partial charge in [-0.05, 0) is 67.6 Å². The minimum Gasteiger partial charge on any atom is -0.497 e. The molecule has 34 heavy (non-hydrogen) atoms. The Kier molecular flexibility index (Phi) is 7.22. The fourth-order valence-corrected chi connectivity index (χ4v) is 6.06. The number of anilines is 1. The number of aryl methyl sites for hydroxylation is 1. The number of nitrogens with one attached hydrogen (secondary N) is 1. The number of thiophene rings is 1. The van der Waals surface area contributed by atoms with Crippen molar-refractivity contribution >= 4 is 29.0 Å². The van der Waals surface area contributed by atoms with E-state index >= 15 is 0 Å². The van der Waals surface area contributed by atoms with E-state index in [1.54, 1.807) is 49.6 Å². The molecule has 2 aromatic carbocycles. The summed E-state index contributed by atoms with van der Waals surface area (Å²) in [5.74, 6) is 0.322. The van der Waals surface area contributed by atoms with Gasteiger partial charge in [-0.2, -0.15) is 0 Å². The van der Waals surface area contributed by atoms with Gasteiger partial charge in [0.2, 0.25) is 0 Å². The Morgan fingerprint density at radius 2 is 1.85 bits per heavy atom. The first-order valence-electron chi connectivity index (χ1n) is 11.6. The van der Waals surface area contributed by atoms with E-state index in [0.29, 0.717) is 17.8 Å². The van der Waals surface area contributed by atoms with Crippen molar-refractivity contribution in [2.24, 2.45) is 0 Å². The molecule has 0 spiro atoms. The fourth-order valence-electron chi connectivity index (χ4n) is 4.61. The minimum atomic E-state index is -0.451. The number of urea groups is 1. The van der Waals surface area contributed by atoms with Gasteiger partial charge in [-0.3, -0.25) is 0 Å². The predicted molar refractivity (Wildman–Crippen MR) is 135 cm³/mol. The van der Waals surface area contributed by atoms with E-state index in [1.807, 2.05) is 29.2 Å². The molecule has 7 heteroatoms. The van der Waals surface area contributed by atoms with Gasteiger partial charge in [0.05, 0.1) is 31.0 Å². The second-order valence-electron chi connectivity index (χ2n) is 8.15. The van der Waals surface area contributed by atoms with Crippen LogP contribution in [0.2, 0.25) is 0 Å². The summed E-state index contributed by atoms with van der Waals surface area (Å²) < 4.78 is 10.5. The number of para-hydroxylation sites is 1. The molecule has 1 aliphatic rings. The maximum atomic E-state index is 13.6. The monoisotopic (exact) mass is 478 g/mol. The third kappa shape index (κ3) is 4.53. The number of fused-ring (bicyclic) bond motifs is 1. The molecule has 1 aliphatic heterocycles. The first-order valence-corrected chi connectivity index (χ1v) is 12.4. The smallest absolute Gasteiger partial charge is 0.340 e. The summed E-state index contributed by atoms with van der Waals surface area (Å²) in [6.45, 7) is 6.96. The Hall–Kier alpha value is -3.32. The number of methoxy groups -OCH3 is 1. The zero-order valence-corrected chi connectivity index (χ0v) is 20.8. The molecule has 0 radical (unpaired) electrons. The third-order valence-corrected chi connectivity index (χ3v) is 7.46. The maximum Gasteiger partial charge on any atom is 0.340 e. The lowest BCUT2D eigenvalue weighted by molar-refractivity contribution is 0.0527. The van der Waals surface area contributed by atoms with E-state index in [4.69, 9.17) is 9.47 Å². The van der Waals surface area contributed by atoms with Crippen molar-refractivity contribution in [1.82, 2.24) is 4.90 Å². The van der Waals surface area contributed by atoms with Crippen LogP contribution < -0.4 is 10.1 Å². The minimum absolute atomic E-state index is 0.214. The second kappa shape index (κ2) is 10.3. The topological polar surface area (TPSA) is 67.9 Å². The summed E-state index contributed by atoms with van der Waals surface area (Å²) >= 11 is 1.77.